The number of carbonyl (C=O) groups is 1. The third kappa shape index (κ3) is 5.25. The number of aryl methyl sites for hydroxylation is 1. The maximum Gasteiger partial charge on any atom is 0.261 e. The van der Waals surface area contributed by atoms with Crippen LogP contribution in [0.15, 0.2) is 42.5 Å². The van der Waals surface area contributed by atoms with Crippen molar-refractivity contribution in [1.29, 1.82) is 0 Å². The van der Waals surface area contributed by atoms with Crippen molar-refractivity contribution in [2.45, 2.75) is 59.1 Å². The molecule has 0 aliphatic rings. The summed E-state index contributed by atoms with van der Waals surface area (Å²) in [5.41, 5.74) is 3.38. The minimum atomic E-state index is -0.591. The van der Waals surface area contributed by atoms with Gasteiger partial charge in [0.1, 0.15) is 5.75 Å². The Bertz CT molecular complexity index is 763. The summed E-state index contributed by atoms with van der Waals surface area (Å²) in [5, 5.41) is 3.69. The third-order valence-corrected chi connectivity index (χ3v) is 4.87. The fourth-order valence-corrected chi connectivity index (χ4v) is 2.75. The molecular formula is C22H28ClNO2. The van der Waals surface area contributed by atoms with E-state index in [0.29, 0.717) is 10.8 Å². The van der Waals surface area contributed by atoms with Gasteiger partial charge in [-0.3, -0.25) is 4.79 Å². The summed E-state index contributed by atoms with van der Waals surface area (Å²) in [6.45, 7) is 12.2. The number of hydrogen-bond acceptors (Lipinski definition) is 2. The highest BCUT2D eigenvalue weighted by Gasteiger charge is 2.19. The quantitative estimate of drug-likeness (QED) is 0.741. The van der Waals surface area contributed by atoms with Crippen molar-refractivity contribution in [3.63, 3.8) is 0 Å². The smallest absolute Gasteiger partial charge is 0.261 e. The van der Waals surface area contributed by atoms with E-state index in [0.717, 1.165) is 11.1 Å². The molecule has 3 nitrogen and oxygen atoms in total. The van der Waals surface area contributed by atoms with Gasteiger partial charge in [-0.25, -0.2) is 0 Å². The van der Waals surface area contributed by atoms with Crippen molar-refractivity contribution < 1.29 is 9.53 Å². The van der Waals surface area contributed by atoms with Crippen molar-refractivity contribution in [2.24, 2.45) is 0 Å². The van der Waals surface area contributed by atoms with E-state index in [1.807, 2.05) is 19.9 Å². The molecule has 2 atom stereocenters. The summed E-state index contributed by atoms with van der Waals surface area (Å²) in [6.07, 6.45) is -0.591. The van der Waals surface area contributed by atoms with Gasteiger partial charge in [0.25, 0.3) is 5.91 Å². The summed E-state index contributed by atoms with van der Waals surface area (Å²) < 4.78 is 5.74. The van der Waals surface area contributed by atoms with Crippen LogP contribution >= 0.6 is 11.6 Å². The van der Waals surface area contributed by atoms with Crippen molar-refractivity contribution in [2.75, 3.05) is 0 Å². The van der Waals surface area contributed by atoms with Gasteiger partial charge in [-0.1, -0.05) is 56.6 Å². The van der Waals surface area contributed by atoms with Crippen molar-refractivity contribution >= 4 is 17.5 Å². The molecule has 1 amide bonds. The lowest BCUT2D eigenvalue weighted by atomic mass is 9.86. The average Bonchev–Trinajstić information content (AvgIpc) is 2.57. The summed E-state index contributed by atoms with van der Waals surface area (Å²) in [6, 6.07) is 13.7. The van der Waals surface area contributed by atoms with Gasteiger partial charge in [-0.2, -0.15) is 0 Å². The highest BCUT2D eigenvalue weighted by Crippen LogP contribution is 2.24. The van der Waals surface area contributed by atoms with Crippen LogP contribution < -0.4 is 10.1 Å². The Hall–Kier alpha value is -2.00. The number of carbonyl (C=O) groups excluding carboxylic acids is 1. The Morgan fingerprint density at radius 3 is 2.23 bits per heavy atom. The molecule has 0 aliphatic carbocycles. The van der Waals surface area contributed by atoms with Gasteiger partial charge in [-0.15, -0.1) is 0 Å². The number of ether oxygens (including phenoxy) is 1. The van der Waals surface area contributed by atoms with Gasteiger partial charge in [0.2, 0.25) is 0 Å². The van der Waals surface area contributed by atoms with Gasteiger partial charge in [-0.05, 0) is 61.1 Å². The van der Waals surface area contributed by atoms with Crippen LogP contribution in [-0.2, 0) is 10.2 Å². The van der Waals surface area contributed by atoms with E-state index in [4.69, 9.17) is 16.3 Å². The van der Waals surface area contributed by atoms with Gasteiger partial charge in [0, 0.05) is 5.02 Å². The maximum absolute atomic E-state index is 12.4. The normalized spacial score (nSPS) is 13.8. The Morgan fingerprint density at radius 2 is 1.69 bits per heavy atom. The molecule has 0 saturated heterocycles. The van der Waals surface area contributed by atoms with E-state index in [1.54, 1.807) is 19.1 Å². The van der Waals surface area contributed by atoms with Crippen molar-refractivity contribution in [1.82, 2.24) is 5.32 Å². The minimum Gasteiger partial charge on any atom is -0.481 e. The van der Waals surface area contributed by atoms with Crippen LogP contribution in [0.2, 0.25) is 5.02 Å². The van der Waals surface area contributed by atoms with E-state index >= 15 is 0 Å². The van der Waals surface area contributed by atoms with Crippen LogP contribution in [0.3, 0.4) is 0 Å². The van der Waals surface area contributed by atoms with E-state index in [1.165, 1.54) is 5.56 Å². The second-order valence-electron chi connectivity index (χ2n) is 7.77. The lowest BCUT2D eigenvalue weighted by molar-refractivity contribution is -0.127. The Labute approximate surface area is 161 Å². The van der Waals surface area contributed by atoms with E-state index in [2.05, 4.69) is 50.4 Å². The lowest BCUT2D eigenvalue weighted by Gasteiger charge is -2.22. The molecule has 0 saturated carbocycles. The first-order valence-electron chi connectivity index (χ1n) is 8.91. The van der Waals surface area contributed by atoms with E-state index in [-0.39, 0.29) is 17.4 Å². The summed E-state index contributed by atoms with van der Waals surface area (Å²) in [5.74, 6) is 0.488. The highest BCUT2D eigenvalue weighted by atomic mass is 35.5. The van der Waals surface area contributed by atoms with Crippen LogP contribution in [0.4, 0.5) is 0 Å². The molecule has 0 heterocycles. The predicted molar refractivity (Wildman–Crippen MR) is 108 cm³/mol. The van der Waals surface area contributed by atoms with Crippen LogP contribution in [0.25, 0.3) is 0 Å². The molecule has 2 aromatic rings. The van der Waals surface area contributed by atoms with E-state index < -0.39 is 6.10 Å². The summed E-state index contributed by atoms with van der Waals surface area (Å²) in [4.78, 5) is 12.4. The zero-order chi connectivity index (χ0) is 19.5. The minimum absolute atomic E-state index is 0.0884. The molecule has 0 spiro atoms. The second-order valence-corrected chi connectivity index (χ2v) is 8.18. The molecule has 0 radical (unpaired) electrons. The van der Waals surface area contributed by atoms with Crippen LogP contribution in [0, 0.1) is 6.92 Å². The summed E-state index contributed by atoms with van der Waals surface area (Å²) >= 11 is 6.02. The zero-order valence-electron chi connectivity index (χ0n) is 16.4. The molecule has 0 aromatic heterocycles. The monoisotopic (exact) mass is 373 g/mol. The molecule has 0 fully saturated rings. The SMILES string of the molecule is Cc1cc(O[C@H](C)C(=O)N[C@H](C)c2ccc(C(C)(C)C)cc2)ccc1Cl. The first kappa shape index (κ1) is 20.3. The van der Waals surface area contributed by atoms with Crippen LogP contribution in [0.5, 0.6) is 5.75 Å². The maximum atomic E-state index is 12.4. The second kappa shape index (κ2) is 8.13. The average molecular weight is 374 g/mol. The Balaban J connectivity index is 1.98. The molecule has 26 heavy (non-hydrogen) atoms. The standard InChI is InChI=1S/C22H28ClNO2/c1-14-13-19(11-12-20(14)23)26-16(3)21(25)24-15(2)17-7-9-18(10-8-17)22(4,5)6/h7-13,15-16H,1-6H3,(H,24,25)/t15-,16-/m1/s1. The zero-order valence-corrected chi connectivity index (χ0v) is 17.1. The molecule has 0 aliphatic heterocycles. The Morgan fingerprint density at radius 1 is 1.08 bits per heavy atom. The number of rotatable bonds is 5. The van der Waals surface area contributed by atoms with Crippen LogP contribution in [-0.4, -0.2) is 12.0 Å². The van der Waals surface area contributed by atoms with Gasteiger partial charge < -0.3 is 10.1 Å². The molecule has 1 N–H and O–H groups in total. The fourth-order valence-electron chi connectivity index (χ4n) is 2.63. The fraction of sp³-hybridized carbons (Fsp3) is 0.409. The van der Waals surface area contributed by atoms with E-state index in [9.17, 15) is 4.79 Å². The molecule has 0 unspecified atom stereocenters. The van der Waals surface area contributed by atoms with Crippen LogP contribution in [0.1, 0.15) is 57.4 Å². The number of benzene rings is 2. The van der Waals surface area contributed by atoms with Crippen molar-refractivity contribution in [3.05, 3.63) is 64.2 Å². The van der Waals surface area contributed by atoms with Gasteiger partial charge >= 0.3 is 0 Å². The molecule has 140 valence electrons. The number of nitrogens with one attached hydrogen (secondary N) is 1. The first-order valence-corrected chi connectivity index (χ1v) is 9.29. The van der Waals surface area contributed by atoms with Gasteiger partial charge in [0.05, 0.1) is 6.04 Å². The number of halogens is 1. The van der Waals surface area contributed by atoms with Gasteiger partial charge in [0.15, 0.2) is 6.10 Å². The summed E-state index contributed by atoms with van der Waals surface area (Å²) in [7, 11) is 0. The molecular weight excluding hydrogens is 346 g/mol. The molecule has 4 heteroatoms. The largest absolute Gasteiger partial charge is 0.481 e. The lowest BCUT2D eigenvalue weighted by Crippen LogP contribution is -2.37. The third-order valence-electron chi connectivity index (χ3n) is 4.45. The number of hydrogen-bond donors (Lipinski definition) is 1. The first-order chi connectivity index (χ1) is 12.1. The predicted octanol–water partition coefficient (Wildman–Crippen LogP) is 5.59. The molecule has 2 rings (SSSR count). The topological polar surface area (TPSA) is 38.3 Å². The molecule has 2 aromatic carbocycles. The molecule has 0 bridgehead atoms. The highest BCUT2D eigenvalue weighted by molar-refractivity contribution is 6.31. The van der Waals surface area contributed by atoms with Crippen molar-refractivity contribution in [3.8, 4) is 5.75 Å². The number of amides is 1. The Kier molecular flexibility index (Phi) is 6.35.